The van der Waals surface area contributed by atoms with Gasteiger partial charge in [0.05, 0.1) is 5.69 Å². The molecule has 2 aromatic rings. The Balaban J connectivity index is 1.59. The van der Waals surface area contributed by atoms with Crippen molar-refractivity contribution in [1.29, 1.82) is 0 Å². The van der Waals surface area contributed by atoms with E-state index in [0.717, 1.165) is 30.3 Å². The topological polar surface area (TPSA) is 56.3 Å². The van der Waals surface area contributed by atoms with E-state index in [2.05, 4.69) is 14.9 Å². The van der Waals surface area contributed by atoms with Crippen LogP contribution in [0.2, 0.25) is 0 Å². The minimum atomic E-state index is 0.619. The maximum atomic E-state index is 5.54. The summed E-state index contributed by atoms with van der Waals surface area (Å²) in [5.74, 6) is 1.66. The highest BCUT2D eigenvalue weighted by molar-refractivity contribution is 7.03. The third-order valence-electron chi connectivity index (χ3n) is 2.65. The second kappa shape index (κ2) is 5.32. The number of rotatable bonds is 4. The predicted octanol–water partition coefficient (Wildman–Crippen LogP) is 1.60. The van der Waals surface area contributed by atoms with Gasteiger partial charge in [-0.15, -0.1) is 5.10 Å². The van der Waals surface area contributed by atoms with Crippen LogP contribution in [-0.4, -0.2) is 22.8 Å². The molecule has 0 fully saturated rings. The van der Waals surface area contributed by atoms with Crippen LogP contribution in [0.4, 0.5) is 0 Å². The van der Waals surface area contributed by atoms with Crippen LogP contribution in [0.5, 0.6) is 11.5 Å². The standard InChI is InChI=1S/C12H13N3O2S/c1-2-11-12(17-4-3-16-11)5-9(1)6-13-7-10-8-18-15-14-10/h1-2,5,8,13H,3-4,6-7H2. The van der Waals surface area contributed by atoms with Crippen LogP contribution >= 0.6 is 11.5 Å². The highest BCUT2D eigenvalue weighted by Gasteiger charge is 2.11. The third-order valence-corrected chi connectivity index (χ3v) is 3.20. The minimum absolute atomic E-state index is 0.619. The summed E-state index contributed by atoms with van der Waals surface area (Å²) in [6.45, 7) is 2.74. The van der Waals surface area contributed by atoms with Crippen molar-refractivity contribution in [3.05, 3.63) is 34.8 Å². The number of fused-ring (bicyclic) bond motifs is 1. The second-order valence-electron chi connectivity index (χ2n) is 3.98. The molecule has 1 aliphatic rings. The molecule has 2 heterocycles. The van der Waals surface area contributed by atoms with Crippen molar-refractivity contribution in [3.63, 3.8) is 0 Å². The lowest BCUT2D eigenvalue weighted by molar-refractivity contribution is 0.171. The summed E-state index contributed by atoms with van der Waals surface area (Å²) < 4.78 is 14.8. The maximum absolute atomic E-state index is 5.54. The Morgan fingerprint density at radius 2 is 2.06 bits per heavy atom. The molecule has 0 bridgehead atoms. The lowest BCUT2D eigenvalue weighted by Crippen LogP contribution is -2.16. The van der Waals surface area contributed by atoms with E-state index in [4.69, 9.17) is 9.47 Å². The molecule has 0 spiro atoms. The Bertz CT molecular complexity index is 516. The van der Waals surface area contributed by atoms with Gasteiger partial charge in [-0.05, 0) is 29.2 Å². The lowest BCUT2D eigenvalue weighted by atomic mass is 10.2. The summed E-state index contributed by atoms with van der Waals surface area (Å²) in [5.41, 5.74) is 2.14. The molecule has 1 N–H and O–H groups in total. The Labute approximate surface area is 109 Å². The van der Waals surface area contributed by atoms with Gasteiger partial charge in [-0.1, -0.05) is 10.6 Å². The third kappa shape index (κ3) is 2.60. The zero-order valence-electron chi connectivity index (χ0n) is 9.76. The molecule has 3 rings (SSSR count). The summed E-state index contributed by atoms with van der Waals surface area (Å²) in [6.07, 6.45) is 0. The van der Waals surface area contributed by atoms with Gasteiger partial charge in [0, 0.05) is 18.5 Å². The van der Waals surface area contributed by atoms with Gasteiger partial charge in [0.1, 0.15) is 13.2 Å². The Kier molecular flexibility index (Phi) is 3.38. The molecule has 5 nitrogen and oxygen atoms in total. The Morgan fingerprint density at radius 3 is 2.89 bits per heavy atom. The number of hydrogen-bond acceptors (Lipinski definition) is 6. The van der Waals surface area contributed by atoms with Crippen LogP contribution in [0, 0.1) is 0 Å². The largest absolute Gasteiger partial charge is 0.486 e. The molecule has 0 radical (unpaired) electrons. The first-order valence-corrected chi connectivity index (χ1v) is 6.60. The average Bonchev–Trinajstić information content (AvgIpc) is 2.92. The van der Waals surface area contributed by atoms with Crippen molar-refractivity contribution < 1.29 is 9.47 Å². The van der Waals surface area contributed by atoms with E-state index in [9.17, 15) is 0 Å². The molecule has 0 amide bonds. The van der Waals surface area contributed by atoms with Crippen LogP contribution in [-0.2, 0) is 13.1 Å². The fourth-order valence-corrected chi connectivity index (χ4v) is 2.24. The van der Waals surface area contributed by atoms with Gasteiger partial charge in [-0.3, -0.25) is 0 Å². The van der Waals surface area contributed by atoms with E-state index in [1.807, 2.05) is 23.6 Å². The first kappa shape index (κ1) is 11.4. The summed E-state index contributed by atoms with van der Waals surface area (Å²) in [7, 11) is 0. The summed E-state index contributed by atoms with van der Waals surface area (Å²) >= 11 is 1.37. The molecule has 1 aromatic heterocycles. The van der Waals surface area contributed by atoms with E-state index >= 15 is 0 Å². The fourth-order valence-electron chi connectivity index (χ4n) is 1.79. The molecule has 94 valence electrons. The van der Waals surface area contributed by atoms with Gasteiger partial charge >= 0.3 is 0 Å². The van der Waals surface area contributed by atoms with Crippen molar-refractivity contribution in [2.75, 3.05) is 13.2 Å². The normalized spacial score (nSPS) is 13.6. The van der Waals surface area contributed by atoms with Crippen LogP contribution in [0.3, 0.4) is 0 Å². The fraction of sp³-hybridized carbons (Fsp3) is 0.333. The summed E-state index contributed by atoms with van der Waals surface area (Å²) in [4.78, 5) is 0. The number of ether oxygens (including phenoxy) is 2. The first-order chi connectivity index (χ1) is 8.92. The molecule has 18 heavy (non-hydrogen) atoms. The van der Waals surface area contributed by atoms with E-state index in [1.165, 1.54) is 17.1 Å². The number of nitrogens with one attached hydrogen (secondary N) is 1. The van der Waals surface area contributed by atoms with E-state index in [0.29, 0.717) is 13.2 Å². The molecular weight excluding hydrogens is 250 g/mol. The second-order valence-corrected chi connectivity index (χ2v) is 4.59. The number of benzene rings is 1. The van der Waals surface area contributed by atoms with Gasteiger partial charge in [0.2, 0.25) is 0 Å². The van der Waals surface area contributed by atoms with Crippen molar-refractivity contribution in [2.45, 2.75) is 13.1 Å². The highest BCUT2D eigenvalue weighted by atomic mass is 32.1. The number of hydrogen-bond donors (Lipinski definition) is 1. The van der Waals surface area contributed by atoms with Gasteiger partial charge in [-0.25, -0.2) is 0 Å². The van der Waals surface area contributed by atoms with Gasteiger partial charge in [0.15, 0.2) is 11.5 Å². The number of aromatic nitrogens is 2. The van der Waals surface area contributed by atoms with Crippen molar-refractivity contribution in [3.8, 4) is 11.5 Å². The molecule has 0 aliphatic carbocycles. The molecule has 1 aromatic carbocycles. The predicted molar refractivity (Wildman–Crippen MR) is 67.9 cm³/mol. The average molecular weight is 263 g/mol. The smallest absolute Gasteiger partial charge is 0.161 e. The quantitative estimate of drug-likeness (QED) is 0.908. The maximum Gasteiger partial charge on any atom is 0.161 e. The Hall–Kier alpha value is -1.66. The van der Waals surface area contributed by atoms with Gasteiger partial charge < -0.3 is 14.8 Å². The molecule has 0 saturated carbocycles. The zero-order chi connectivity index (χ0) is 12.2. The SMILES string of the molecule is c1cc2c(cc1CNCc1csnn1)OCCO2. The van der Waals surface area contributed by atoms with Crippen LogP contribution in [0.1, 0.15) is 11.3 Å². The van der Waals surface area contributed by atoms with E-state index in [1.54, 1.807) is 0 Å². The molecule has 6 heteroatoms. The number of nitrogens with zero attached hydrogens (tertiary/aromatic N) is 2. The molecule has 1 aliphatic heterocycles. The minimum Gasteiger partial charge on any atom is -0.486 e. The van der Waals surface area contributed by atoms with Crippen LogP contribution in [0.15, 0.2) is 23.6 Å². The lowest BCUT2D eigenvalue weighted by Gasteiger charge is -2.18. The van der Waals surface area contributed by atoms with Crippen LogP contribution < -0.4 is 14.8 Å². The molecular formula is C12H13N3O2S. The summed E-state index contributed by atoms with van der Waals surface area (Å²) in [6, 6.07) is 6.01. The Morgan fingerprint density at radius 1 is 1.17 bits per heavy atom. The summed E-state index contributed by atoms with van der Waals surface area (Å²) in [5, 5.41) is 9.24. The first-order valence-electron chi connectivity index (χ1n) is 5.77. The van der Waals surface area contributed by atoms with Crippen molar-refractivity contribution in [1.82, 2.24) is 14.9 Å². The molecule has 0 atom stereocenters. The molecule has 0 saturated heterocycles. The van der Waals surface area contributed by atoms with Gasteiger partial charge in [0.25, 0.3) is 0 Å². The van der Waals surface area contributed by atoms with Crippen LogP contribution in [0.25, 0.3) is 0 Å². The highest BCUT2D eigenvalue weighted by Crippen LogP contribution is 2.30. The monoisotopic (exact) mass is 263 g/mol. The molecule has 0 unspecified atom stereocenters. The van der Waals surface area contributed by atoms with Crippen molar-refractivity contribution in [2.24, 2.45) is 0 Å². The van der Waals surface area contributed by atoms with Gasteiger partial charge in [-0.2, -0.15) is 0 Å². The zero-order valence-corrected chi connectivity index (χ0v) is 10.6. The van der Waals surface area contributed by atoms with E-state index in [-0.39, 0.29) is 0 Å². The van der Waals surface area contributed by atoms with Crippen molar-refractivity contribution >= 4 is 11.5 Å². The van der Waals surface area contributed by atoms with E-state index < -0.39 is 0 Å².